The van der Waals surface area contributed by atoms with Crippen LogP contribution in [0.5, 0.6) is 0 Å². The number of aryl methyl sites for hydroxylation is 1. The Bertz CT molecular complexity index is 1110. The van der Waals surface area contributed by atoms with Crippen molar-refractivity contribution in [1.29, 1.82) is 0 Å². The number of carbonyl (C=O) groups excluding carboxylic acids is 3. The van der Waals surface area contributed by atoms with E-state index in [2.05, 4.69) is 21.5 Å². The Balaban J connectivity index is 1.54. The molecule has 1 atom stereocenters. The summed E-state index contributed by atoms with van der Waals surface area (Å²) in [5.74, 6) is -1.42. The van der Waals surface area contributed by atoms with Crippen LogP contribution >= 0.6 is 0 Å². The Labute approximate surface area is 184 Å². The first-order valence-corrected chi connectivity index (χ1v) is 10.3. The normalized spacial score (nSPS) is 11.6. The van der Waals surface area contributed by atoms with Gasteiger partial charge in [-0.1, -0.05) is 43.7 Å². The Morgan fingerprint density at radius 3 is 2.44 bits per heavy atom. The van der Waals surface area contributed by atoms with Crippen molar-refractivity contribution in [3.63, 3.8) is 0 Å². The fourth-order valence-electron chi connectivity index (χ4n) is 3.20. The number of nitrogens with one attached hydrogen (secondary N) is 4. The molecule has 4 N–H and O–H groups in total. The van der Waals surface area contributed by atoms with E-state index >= 15 is 0 Å². The summed E-state index contributed by atoms with van der Waals surface area (Å²) in [7, 11) is 0. The second kappa shape index (κ2) is 10.4. The van der Waals surface area contributed by atoms with Gasteiger partial charge in [0, 0.05) is 17.5 Å². The SMILES string of the molecule is CCCC(NC(=O)NCc1ccc(F)cc1)C(=O)NNC(=O)c1oc2ccccc2c1C. The van der Waals surface area contributed by atoms with Crippen molar-refractivity contribution >= 4 is 28.8 Å². The lowest BCUT2D eigenvalue weighted by atomic mass is 10.1. The van der Waals surface area contributed by atoms with Gasteiger partial charge in [0.2, 0.25) is 0 Å². The highest BCUT2D eigenvalue weighted by molar-refractivity contribution is 6.00. The van der Waals surface area contributed by atoms with Gasteiger partial charge in [-0.2, -0.15) is 0 Å². The Morgan fingerprint density at radius 1 is 1.03 bits per heavy atom. The van der Waals surface area contributed by atoms with Gasteiger partial charge in [-0.05, 0) is 37.1 Å². The topological polar surface area (TPSA) is 112 Å². The van der Waals surface area contributed by atoms with Crippen LogP contribution in [-0.2, 0) is 11.3 Å². The van der Waals surface area contributed by atoms with Crippen LogP contribution in [0, 0.1) is 12.7 Å². The average molecular weight is 440 g/mol. The summed E-state index contributed by atoms with van der Waals surface area (Å²) < 4.78 is 18.5. The minimum Gasteiger partial charge on any atom is -0.451 e. The average Bonchev–Trinajstić information content (AvgIpc) is 3.13. The first-order valence-electron chi connectivity index (χ1n) is 10.3. The molecule has 1 unspecified atom stereocenters. The van der Waals surface area contributed by atoms with Crippen molar-refractivity contribution in [2.45, 2.75) is 39.3 Å². The lowest BCUT2D eigenvalue weighted by molar-refractivity contribution is -0.123. The molecule has 2 aromatic carbocycles. The van der Waals surface area contributed by atoms with Crippen LogP contribution in [0.2, 0.25) is 0 Å². The maximum atomic E-state index is 13.0. The largest absolute Gasteiger partial charge is 0.451 e. The predicted molar refractivity (Wildman–Crippen MR) is 117 cm³/mol. The molecule has 0 radical (unpaired) electrons. The number of carbonyl (C=O) groups is 3. The highest BCUT2D eigenvalue weighted by Gasteiger charge is 2.22. The number of hydrogen-bond acceptors (Lipinski definition) is 4. The number of fused-ring (bicyclic) bond motifs is 1. The van der Waals surface area contributed by atoms with Crippen molar-refractivity contribution in [3.05, 3.63) is 71.2 Å². The smallest absolute Gasteiger partial charge is 0.315 e. The zero-order valence-electron chi connectivity index (χ0n) is 17.8. The molecule has 0 saturated carbocycles. The molecule has 0 aliphatic heterocycles. The first-order chi connectivity index (χ1) is 15.4. The number of benzene rings is 2. The number of amides is 4. The van der Waals surface area contributed by atoms with E-state index in [1.165, 1.54) is 12.1 Å². The van der Waals surface area contributed by atoms with E-state index in [1.54, 1.807) is 31.2 Å². The van der Waals surface area contributed by atoms with Crippen molar-refractivity contribution in [2.75, 3.05) is 0 Å². The molecule has 0 aliphatic rings. The van der Waals surface area contributed by atoms with E-state index in [-0.39, 0.29) is 18.1 Å². The fraction of sp³-hybridized carbons (Fsp3) is 0.261. The molecule has 1 aromatic heterocycles. The van der Waals surface area contributed by atoms with Crippen LogP contribution in [0.4, 0.5) is 9.18 Å². The molecule has 0 spiro atoms. The predicted octanol–water partition coefficient (Wildman–Crippen LogP) is 3.31. The summed E-state index contributed by atoms with van der Waals surface area (Å²) in [6.45, 7) is 3.80. The van der Waals surface area contributed by atoms with Crippen molar-refractivity contribution in [1.82, 2.24) is 21.5 Å². The molecular formula is C23H25FN4O4. The molecule has 1 heterocycles. The van der Waals surface area contributed by atoms with E-state index in [9.17, 15) is 18.8 Å². The van der Waals surface area contributed by atoms with Gasteiger partial charge in [0.15, 0.2) is 5.76 Å². The number of hydrogen-bond donors (Lipinski definition) is 4. The number of furan rings is 1. The summed E-state index contributed by atoms with van der Waals surface area (Å²) in [6, 6.07) is 11.5. The zero-order valence-corrected chi connectivity index (χ0v) is 17.8. The molecule has 0 saturated heterocycles. The standard InChI is InChI=1S/C23H25FN4O4/c1-3-6-18(26-23(31)25-13-15-9-11-16(24)12-10-15)21(29)27-28-22(30)20-14(2)17-7-4-5-8-19(17)32-20/h4-5,7-12,18H,3,6,13H2,1-2H3,(H,27,29)(H,28,30)(H2,25,26,31). The van der Waals surface area contributed by atoms with Crippen molar-refractivity contribution < 1.29 is 23.2 Å². The minimum absolute atomic E-state index is 0.101. The highest BCUT2D eigenvalue weighted by Crippen LogP contribution is 2.24. The van der Waals surface area contributed by atoms with Crippen molar-refractivity contribution in [2.24, 2.45) is 0 Å². The number of para-hydroxylation sites is 1. The summed E-state index contributed by atoms with van der Waals surface area (Å²) in [6.07, 6.45) is 1.00. The van der Waals surface area contributed by atoms with Crippen LogP contribution < -0.4 is 21.5 Å². The molecule has 3 rings (SSSR count). The van der Waals surface area contributed by atoms with E-state index < -0.39 is 23.9 Å². The van der Waals surface area contributed by atoms with Gasteiger partial charge in [-0.25, -0.2) is 9.18 Å². The van der Waals surface area contributed by atoms with Crippen LogP contribution in [0.1, 0.15) is 41.4 Å². The molecule has 168 valence electrons. The van der Waals surface area contributed by atoms with Gasteiger partial charge in [0.1, 0.15) is 17.4 Å². The molecule has 4 amide bonds. The number of halogens is 1. The lowest BCUT2D eigenvalue weighted by Crippen LogP contribution is -2.54. The summed E-state index contributed by atoms with van der Waals surface area (Å²) in [4.78, 5) is 37.2. The van der Waals surface area contributed by atoms with Crippen LogP contribution in [-0.4, -0.2) is 23.9 Å². The highest BCUT2D eigenvalue weighted by atomic mass is 19.1. The van der Waals surface area contributed by atoms with E-state index in [4.69, 9.17) is 4.42 Å². The maximum Gasteiger partial charge on any atom is 0.315 e. The van der Waals surface area contributed by atoms with Crippen LogP contribution in [0.25, 0.3) is 11.0 Å². The molecule has 3 aromatic rings. The van der Waals surface area contributed by atoms with Gasteiger partial charge in [0.25, 0.3) is 5.91 Å². The summed E-state index contributed by atoms with van der Waals surface area (Å²) >= 11 is 0. The van der Waals surface area contributed by atoms with Gasteiger partial charge >= 0.3 is 11.9 Å². The molecule has 0 bridgehead atoms. The van der Waals surface area contributed by atoms with E-state index in [0.29, 0.717) is 29.6 Å². The van der Waals surface area contributed by atoms with E-state index in [0.717, 1.165) is 5.39 Å². The summed E-state index contributed by atoms with van der Waals surface area (Å²) in [5, 5.41) is 6.02. The lowest BCUT2D eigenvalue weighted by Gasteiger charge is -2.18. The maximum absolute atomic E-state index is 13.0. The van der Waals surface area contributed by atoms with Gasteiger partial charge in [-0.3, -0.25) is 20.4 Å². The third-order valence-electron chi connectivity index (χ3n) is 4.91. The third kappa shape index (κ3) is 5.63. The molecule has 0 aliphatic carbocycles. The quantitative estimate of drug-likeness (QED) is 0.422. The van der Waals surface area contributed by atoms with Gasteiger partial charge < -0.3 is 15.1 Å². The van der Waals surface area contributed by atoms with Crippen LogP contribution in [0.15, 0.2) is 52.9 Å². The molecular weight excluding hydrogens is 415 g/mol. The number of hydrazine groups is 1. The second-order valence-electron chi connectivity index (χ2n) is 7.29. The Kier molecular flexibility index (Phi) is 7.43. The minimum atomic E-state index is -0.856. The van der Waals surface area contributed by atoms with Crippen LogP contribution in [0.3, 0.4) is 0 Å². The Hall–Kier alpha value is -3.88. The van der Waals surface area contributed by atoms with Gasteiger partial charge in [0.05, 0.1) is 0 Å². The second-order valence-corrected chi connectivity index (χ2v) is 7.29. The fourth-order valence-corrected chi connectivity index (χ4v) is 3.20. The summed E-state index contributed by atoms with van der Waals surface area (Å²) in [5.41, 5.74) is 6.63. The molecule has 9 heteroatoms. The molecule has 8 nitrogen and oxygen atoms in total. The number of rotatable bonds is 7. The Morgan fingerprint density at radius 2 is 1.75 bits per heavy atom. The monoisotopic (exact) mass is 440 g/mol. The third-order valence-corrected chi connectivity index (χ3v) is 4.91. The number of urea groups is 1. The molecule has 0 fully saturated rings. The van der Waals surface area contributed by atoms with Crippen molar-refractivity contribution in [3.8, 4) is 0 Å². The van der Waals surface area contributed by atoms with Gasteiger partial charge in [-0.15, -0.1) is 0 Å². The molecule has 32 heavy (non-hydrogen) atoms. The first kappa shape index (κ1) is 22.8. The van der Waals surface area contributed by atoms with E-state index in [1.807, 2.05) is 19.1 Å². The zero-order chi connectivity index (χ0) is 23.1.